The summed E-state index contributed by atoms with van der Waals surface area (Å²) in [5.74, 6) is -0.363. The third-order valence-electron chi connectivity index (χ3n) is 14.1. The molecule has 0 atom stereocenters. The maximum Gasteiger partial charge on any atom is 0.425 e. The molecule has 2 N–H and O–H groups in total. The number of aliphatic imine (C=N–C) groups is 1. The molecule has 4 aromatic rings. The average molecular weight is 1350 g/mol. The van der Waals surface area contributed by atoms with Gasteiger partial charge in [0.2, 0.25) is 0 Å². The number of ketones is 4. The lowest BCUT2D eigenvalue weighted by Crippen LogP contribution is -2.26. The van der Waals surface area contributed by atoms with Crippen molar-refractivity contribution in [3.8, 4) is 33.8 Å². The number of pyridine rings is 2. The molecular weight excluding hydrogens is 1270 g/mol. The first kappa shape index (κ1) is 78.7. The van der Waals surface area contributed by atoms with Gasteiger partial charge in [-0.15, -0.1) is 37.9 Å². The Hall–Kier alpha value is -7.36. The van der Waals surface area contributed by atoms with Crippen molar-refractivity contribution in [2.45, 2.75) is 176 Å². The van der Waals surface area contributed by atoms with E-state index in [-0.39, 0.29) is 40.4 Å². The SMILES string of the molecule is CCCC(=O)c1cc(-c2cc(OC)c3c(c2)C(C)(C)C(C)=N3)cc(C(=O)CCC)n1.CCCCC(=O)c1cc(-c2cc(OC)c3c(c2)C(C)(C)C(C)=[N+]3CCCC(=O)O)cc(C(=O)CCC)n1.O=C(O)CCCCCBr.O=S(=O)=O.O=S(=O)=O.O=S(=O)=O. The fourth-order valence-electron chi connectivity index (χ4n) is 9.12. The minimum atomic E-state index is -3.11. The number of hydrogen-bond acceptors (Lipinski definition) is 20. The molecule has 4 heterocycles. The van der Waals surface area contributed by atoms with E-state index in [1.165, 1.54) is 0 Å². The van der Waals surface area contributed by atoms with Gasteiger partial charge in [0, 0.05) is 67.5 Å². The summed E-state index contributed by atoms with van der Waals surface area (Å²) in [7, 11) is -6.08. The van der Waals surface area contributed by atoms with Crippen molar-refractivity contribution in [3.05, 3.63) is 82.4 Å². The van der Waals surface area contributed by atoms with Crippen LogP contribution in [0.15, 0.2) is 53.5 Å². The summed E-state index contributed by atoms with van der Waals surface area (Å²) in [6.45, 7) is 21.1. The van der Waals surface area contributed by atoms with Crippen molar-refractivity contribution in [1.29, 1.82) is 0 Å². The van der Waals surface area contributed by atoms with Crippen molar-refractivity contribution in [3.63, 3.8) is 0 Å². The topological polar surface area (TPSA) is 356 Å². The van der Waals surface area contributed by atoms with Gasteiger partial charge in [0.15, 0.2) is 34.6 Å². The number of nitrogens with zero attached hydrogens (tertiary/aromatic N) is 4. The van der Waals surface area contributed by atoms with Gasteiger partial charge in [-0.05, 0) is 136 Å². The van der Waals surface area contributed by atoms with E-state index >= 15 is 0 Å². The second-order valence-electron chi connectivity index (χ2n) is 21.1. The molecule has 2 aliphatic rings. The molecule has 88 heavy (non-hydrogen) atoms. The molecule has 2 aromatic heterocycles. The Morgan fingerprint density at radius 1 is 0.489 bits per heavy atom. The highest BCUT2D eigenvalue weighted by Gasteiger charge is 2.45. The Morgan fingerprint density at radius 2 is 0.864 bits per heavy atom. The van der Waals surface area contributed by atoms with Crippen molar-refractivity contribution < 1.29 is 90.9 Å². The number of carbonyl (C=O) groups is 6. The number of halogens is 1. The van der Waals surface area contributed by atoms with Crippen LogP contribution in [-0.2, 0) is 52.2 Å². The summed E-state index contributed by atoms with van der Waals surface area (Å²) >= 11 is 3.27. The molecule has 27 heteroatoms. The molecule has 0 fully saturated rings. The Labute approximate surface area is 527 Å². The summed E-state index contributed by atoms with van der Waals surface area (Å²) in [5.41, 5.74) is 10.2. The van der Waals surface area contributed by atoms with Crippen LogP contribution in [0, 0.1) is 0 Å². The lowest BCUT2D eigenvalue weighted by atomic mass is 9.81. The number of carboxylic acid groups (broad SMARTS) is 2. The first-order valence-electron chi connectivity index (χ1n) is 28.3. The molecule has 2 aromatic carbocycles. The first-order valence-corrected chi connectivity index (χ1v) is 32.5. The van der Waals surface area contributed by atoms with Gasteiger partial charge < -0.3 is 19.7 Å². The molecular formula is C61H80BrN4O19S3+. The first-order chi connectivity index (χ1) is 41.2. The van der Waals surface area contributed by atoms with E-state index in [2.05, 4.69) is 77.2 Å². The molecule has 0 amide bonds. The summed E-state index contributed by atoms with van der Waals surface area (Å²) in [5, 5.41) is 18.3. The number of alkyl halides is 1. The monoisotopic (exact) mass is 1350 g/mol. The van der Waals surface area contributed by atoms with E-state index in [4.69, 9.17) is 62.6 Å². The van der Waals surface area contributed by atoms with E-state index in [1.807, 2.05) is 46.8 Å². The summed E-state index contributed by atoms with van der Waals surface area (Å²) in [6, 6.07) is 15.2. The van der Waals surface area contributed by atoms with E-state index in [9.17, 15) is 28.8 Å². The number of unbranched alkanes of at least 4 members (excludes halogenated alkanes) is 3. The molecule has 0 unspecified atom stereocenters. The van der Waals surface area contributed by atoms with E-state index in [0.717, 1.165) is 106 Å². The minimum absolute atomic E-state index is 0.0440. The number of Topliss-reactive ketones (excluding diaryl/α,β-unsaturated/α-hetero) is 4. The second-order valence-corrected chi connectivity index (χ2v) is 23.2. The van der Waals surface area contributed by atoms with Gasteiger partial charge in [0.25, 0.3) is 5.69 Å². The number of carbonyl (C=O) groups excluding carboxylic acids is 4. The lowest BCUT2D eigenvalue weighted by molar-refractivity contribution is -0.440. The van der Waals surface area contributed by atoms with Crippen LogP contribution in [0.1, 0.15) is 219 Å². The Morgan fingerprint density at radius 3 is 1.24 bits per heavy atom. The summed E-state index contributed by atoms with van der Waals surface area (Å²) in [4.78, 5) is 85.6. The second kappa shape index (κ2) is 38.8. The highest BCUT2D eigenvalue weighted by molar-refractivity contribution is 9.09. The largest absolute Gasteiger partial charge is 0.494 e. The third-order valence-corrected chi connectivity index (χ3v) is 14.7. The predicted octanol–water partition coefficient (Wildman–Crippen LogP) is 11.5. The number of aromatic nitrogens is 2. The zero-order valence-corrected chi connectivity index (χ0v) is 55.9. The zero-order chi connectivity index (χ0) is 67.2. The highest BCUT2D eigenvalue weighted by Crippen LogP contribution is 2.49. The molecule has 23 nitrogen and oxygen atoms in total. The van der Waals surface area contributed by atoms with Crippen LogP contribution in [0.5, 0.6) is 11.5 Å². The van der Waals surface area contributed by atoms with Gasteiger partial charge in [-0.3, -0.25) is 33.8 Å². The normalized spacial score (nSPS) is 12.5. The predicted molar refractivity (Wildman–Crippen MR) is 334 cm³/mol. The van der Waals surface area contributed by atoms with E-state index < -0.39 is 43.8 Å². The Bertz CT molecular complexity index is 3460. The van der Waals surface area contributed by atoms with Crippen molar-refractivity contribution in [2.24, 2.45) is 4.99 Å². The van der Waals surface area contributed by atoms with Crippen molar-refractivity contribution in [2.75, 3.05) is 26.1 Å². The van der Waals surface area contributed by atoms with Crippen LogP contribution >= 0.6 is 15.9 Å². The number of ether oxygens (including phenoxy) is 2. The molecule has 0 saturated heterocycles. The molecule has 0 aliphatic carbocycles. The lowest BCUT2D eigenvalue weighted by Gasteiger charge is -2.21. The molecule has 0 bridgehead atoms. The quantitative estimate of drug-likeness (QED) is 0.0255. The molecule has 0 saturated carbocycles. The number of fused-ring (bicyclic) bond motifs is 2. The minimum Gasteiger partial charge on any atom is -0.494 e. The highest BCUT2D eigenvalue weighted by atomic mass is 79.9. The summed E-state index contributed by atoms with van der Waals surface area (Å²) in [6.07, 6.45) is 9.27. The van der Waals surface area contributed by atoms with Crippen LogP contribution in [0.4, 0.5) is 11.4 Å². The Balaban J connectivity index is 0.000000671. The van der Waals surface area contributed by atoms with Crippen molar-refractivity contribution in [1.82, 2.24) is 9.97 Å². The van der Waals surface area contributed by atoms with Crippen LogP contribution in [-0.4, -0.2) is 135 Å². The van der Waals surface area contributed by atoms with Crippen LogP contribution in [0.25, 0.3) is 22.3 Å². The number of aliphatic carboxylic acids is 2. The number of carboxylic acids is 2. The molecule has 482 valence electrons. The molecule has 2 aliphatic heterocycles. The van der Waals surface area contributed by atoms with Gasteiger partial charge >= 0.3 is 43.8 Å². The summed E-state index contributed by atoms with van der Waals surface area (Å²) < 4.78 is 89.6. The molecule has 0 spiro atoms. The average Bonchev–Trinajstić information content (AvgIpc) is 1.58. The fraction of sp³-hybridized carbons (Fsp3) is 0.508. The van der Waals surface area contributed by atoms with Gasteiger partial charge in [-0.25, -0.2) is 9.97 Å². The van der Waals surface area contributed by atoms with Gasteiger partial charge in [0.05, 0.1) is 26.1 Å². The number of hydrogen-bond donors (Lipinski definition) is 2. The fourth-order valence-corrected chi connectivity index (χ4v) is 9.52. The maximum absolute atomic E-state index is 12.9. The van der Waals surface area contributed by atoms with Gasteiger partial charge in [-0.2, -0.15) is 4.58 Å². The standard InChI is InChI=1S/C30H38N2O5.C25H30N2O3.C6H11BrO2.3O3S/c1-7-9-12-26(34)24-17-21(16-23(31-24)25(33)11-8-2)20-15-22-29(27(18-20)37-6)32(14-10-13-28(35)36)19(3)30(22,4)5;1-7-9-21(28)19-12-17(13-20(27-19)22(29)10-8-2)16-11-18-24(23(14-16)30-6)26-15(3)25(18,4)5;7-5-3-1-2-4-6(8)9;3*1-4(2)3/h15-18H,7-14H2,1-6H3;11-14H,7-10H2,1-6H3;1-5H2,(H,8,9);;;/p+1. The number of methoxy groups -OCH3 is 2. The van der Waals surface area contributed by atoms with Crippen molar-refractivity contribution >= 4 is 106 Å². The smallest absolute Gasteiger partial charge is 0.425 e. The van der Waals surface area contributed by atoms with Gasteiger partial charge in [-0.1, -0.05) is 70.3 Å². The van der Waals surface area contributed by atoms with E-state index in [0.29, 0.717) is 85.8 Å². The van der Waals surface area contributed by atoms with E-state index in [1.54, 1.807) is 38.5 Å². The number of benzene rings is 2. The zero-order valence-electron chi connectivity index (χ0n) is 51.9. The Kier molecular flexibility index (Phi) is 34.7. The third kappa shape index (κ3) is 25.0. The molecule has 0 radical (unpaired) electrons. The van der Waals surface area contributed by atoms with Crippen LogP contribution in [0.3, 0.4) is 0 Å². The molecule has 6 rings (SSSR count). The maximum atomic E-state index is 12.9. The van der Waals surface area contributed by atoms with Gasteiger partial charge in [0.1, 0.15) is 40.8 Å². The van der Waals surface area contributed by atoms with Crippen LogP contribution in [0.2, 0.25) is 0 Å². The van der Waals surface area contributed by atoms with Crippen LogP contribution < -0.4 is 9.47 Å². The number of rotatable bonds is 26.